The molecule has 3 rings (SSSR count). The summed E-state index contributed by atoms with van der Waals surface area (Å²) in [5, 5.41) is 0. The lowest BCUT2D eigenvalue weighted by molar-refractivity contribution is -0.00304. The molecule has 1 saturated heterocycles. The van der Waals surface area contributed by atoms with E-state index in [1.807, 2.05) is 11.5 Å². The Kier molecular flexibility index (Phi) is 3.56. The molecule has 6 heteroatoms. The summed E-state index contributed by atoms with van der Waals surface area (Å²) in [5.74, 6) is 1.09. The molecule has 0 radical (unpaired) electrons. The average molecular weight is 276 g/mol. The van der Waals surface area contributed by atoms with E-state index in [2.05, 4.69) is 28.8 Å². The third-order valence-electron chi connectivity index (χ3n) is 3.86. The Morgan fingerprint density at radius 1 is 1.35 bits per heavy atom. The predicted octanol–water partition coefficient (Wildman–Crippen LogP) is 2.56. The monoisotopic (exact) mass is 276 g/mol. The van der Waals surface area contributed by atoms with Crippen LogP contribution in [-0.4, -0.2) is 32.2 Å². The highest BCUT2D eigenvalue weighted by Crippen LogP contribution is 2.36. The van der Waals surface area contributed by atoms with Gasteiger partial charge in [-0.1, -0.05) is 13.8 Å². The number of nitrogens with zero attached hydrogens (tertiary/aromatic N) is 4. The van der Waals surface area contributed by atoms with Gasteiger partial charge in [0.25, 0.3) is 0 Å². The number of aromatic nitrogens is 4. The van der Waals surface area contributed by atoms with Crippen molar-refractivity contribution >= 4 is 11.2 Å². The Labute approximate surface area is 118 Å². The first kappa shape index (κ1) is 13.3. The number of hydrogen-bond acceptors (Lipinski definition) is 5. The molecule has 0 spiro atoms. The van der Waals surface area contributed by atoms with E-state index in [-0.39, 0.29) is 6.23 Å². The van der Waals surface area contributed by atoms with Crippen LogP contribution in [0.2, 0.25) is 0 Å². The molecule has 108 valence electrons. The van der Waals surface area contributed by atoms with Gasteiger partial charge >= 0.3 is 0 Å². The maximum Gasteiger partial charge on any atom is 0.245 e. The van der Waals surface area contributed by atoms with E-state index in [9.17, 15) is 0 Å². The Bertz CT molecular complexity index is 598. The molecule has 2 aromatic heterocycles. The number of rotatable bonds is 4. The molecule has 6 nitrogen and oxygen atoms in total. The summed E-state index contributed by atoms with van der Waals surface area (Å²) in [6.07, 6.45) is 5.62. The molecule has 0 bridgehead atoms. The lowest BCUT2D eigenvalue weighted by Gasteiger charge is -2.14. The van der Waals surface area contributed by atoms with Gasteiger partial charge in [0.1, 0.15) is 12.6 Å². The van der Waals surface area contributed by atoms with E-state index in [0.29, 0.717) is 30.0 Å². The minimum Gasteiger partial charge on any atom is -0.476 e. The van der Waals surface area contributed by atoms with Gasteiger partial charge in [0.05, 0.1) is 19.0 Å². The third kappa shape index (κ3) is 2.14. The van der Waals surface area contributed by atoms with Crippen LogP contribution in [0.15, 0.2) is 12.7 Å². The van der Waals surface area contributed by atoms with Crippen LogP contribution in [0.5, 0.6) is 5.88 Å². The zero-order valence-electron chi connectivity index (χ0n) is 12.1. The first-order valence-electron chi connectivity index (χ1n) is 7.20. The topological polar surface area (TPSA) is 62.1 Å². The molecule has 0 N–H and O–H groups in total. The van der Waals surface area contributed by atoms with Crippen LogP contribution in [0.25, 0.3) is 11.2 Å². The van der Waals surface area contributed by atoms with Gasteiger partial charge in [0, 0.05) is 0 Å². The molecule has 1 aliphatic rings. The lowest BCUT2D eigenvalue weighted by atomic mass is 10.0. The number of fused-ring (bicyclic) bond motifs is 1. The quantitative estimate of drug-likeness (QED) is 0.858. The molecule has 1 fully saturated rings. The van der Waals surface area contributed by atoms with Gasteiger partial charge in [-0.05, 0) is 25.7 Å². The van der Waals surface area contributed by atoms with Crippen molar-refractivity contribution in [1.29, 1.82) is 0 Å². The van der Waals surface area contributed by atoms with Crippen LogP contribution < -0.4 is 4.74 Å². The second-order valence-corrected chi connectivity index (χ2v) is 5.19. The summed E-state index contributed by atoms with van der Waals surface area (Å²) in [5.41, 5.74) is 1.47. The van der Waals surface area contributed by atoms with Gasteiger partial charge in [0.2, 0.25) is 5.88 Å². The minimum atomic E-state index is 0.00401. The maximum atomic E-state index is 6.10. The standard InChI is InChI=1S/C14H20N4O2/c1-4-10-9(3)6-11(20-10)18-8-17-12-13(18)15-7-16-14(12)19-5-2/h7-11H,4-6H2,1-3H3/t9-,10-,11-/m1/s1. The molecule has 20 heavy (non-hydrogen) atoms. The van der Waals surface area contributed by atoms with Crippen molar-refractivity contribution in [3.63, 3.8) is 0 Å². The van der Waals surface area contributed by atoms with Crippen LogP contribution in [0.4, 0.5) is 0 Å². The first-order chi connectivity index (χ1) is 9.74. The number of hydrogen-bond donors (Lipinski definition) is 0. The SMILES string of the molecule is CCOc1ncnc2c1ncn2[C@H]1C[C@@H](C)[C@@H](CC)O1. The summed E-state index contributed by atoms with van der Waals surface area (Å²) < 4.78 is 13.6. The maximum absolute atomic E-state index is 6.10. The Morgan fingerprint density at radius 3 is 2.90 bits per heavy atom. The molecule has 3 atom stereocenters. The van der Waals surface area contributed by atoms with Gasteiger partial charge < -0.3 is 9.47 Å². The van der Waals surface area contributed by atoms with Crippen molar-refractivity contribution in [3.05, 3.63) is 12.7 Å². The second kappa shape index (κ2) is 5.36. The molecule has 0 unspecified atom stereocenters. The Hall–Kier alpha value is -1.69. The van der Waals surface area contributed by atoms with E-state index in [1.54, 1.807) is 6.33 Å². The zero-order valence-corrected chi connectivity index (χ0v) is 12.1. The number of imidazole rings is 1. The van der Waals surface area contributed by atoms with E-state index in [1.165, 1.54) is 6.33 Å². The van der Waals surface area contributed by atoms with Crippen molar-refractivity contribution in [3.8, 4) is 5.88 Å². The van der Waals surface area contributed by atoms with E-state index >= 15 is 0 Å². The van der Waals surface area contributed by atoms with E-state index in [4.69, 9.17) is 9.47 Å². The molecule has 0 saturated carbocycles. The largest absolute Gasteiger partial charge is 0.476 e. The minimum absolute atomic E-state index is 0.00401. The van der Waals surface area contributed by atoms with Crippen molar-refractivity contribution in [2.24, 2.45) is 5.92 Å². The average Bonchev–Trinajstić information content (AvgIpc) is 3.03. The highest BCUT2D eigenvalue weighted by Gasteiger charge is 2.33. The summed E-state index contributed by atoms with van der Waals surface area (Å²) in [4.78, 5) is 12.9. The molecule has 0 aromatic carbocycles. The molecule has 0 aliphatic carbocycles. The van der Waals surface area contributed by atoms with Crippen molar-refractivity contribution in [2.75, 3.05) is 6.61 Å². The predicted molar refractivity (Wildman–Crippen MR) is 74.5 cm³/mol. The van der Waals surface area contributed by atoms with Gasteiger partial charge in [-0.25, -0.2) is 9.97 Å². The molecular formula is C14H20N4O2. The highest BCUT2D eigenvalue weighted by molar-refractivity contribution is 5.75. The highest BCUT2D eigenvalue weighted by atomic mass is 16.5. The molecule has 3 heterocycles. The van der Waals surface area contributed by atoms with Crippen LogP contribution in [0.1, 0.15) is 39.8 Å². The van der Waals surface area contributed by atoms with Gasteiger partial charge in [-0.2, -0.15) is 4.98 Å². The smallest absolute Gasteiger partial charge is 0.245 e. The van der Waals surface area contributed by atoms with Crippen LogP contribution in [-0.2, 0) is 4.74 Å². The van der Waals surface area contributed by atoms with Crippen molar-refractivity contribution in [1.82, 2.24) is 19.5 Å². The fourth-order valence-corrected chi connectivity index (χ4v) is 2.82. The van der Waals surface area contributed by atoms with E-state index < -0.39 is 0 Å². The summed E-state index contributed by atoms with van der Waals surface area (Å²) in [6.45, 7) is 6.88. The first-order valence-corrected chi connectivity index (χ1v) is 7.20. The summed E-state index contributed by atoms with van der Waals surface area (Å²) >= 11 is 0. The van der Waals surface area contributed by atoms with Gasteiger partial charge in [0.15, 0.2) is 11.2 Å². The van der Waals surface area contributed by atoms with Crippen molar-refractivity contribution < 1.29 is 9.47 Å². The zero-order chi connectivity index (χ0) is 14.1. The lowest BCUT2D eigenvalue weighted by Crippen LogP contribution is -2.12. The van der Waals surface area contributed by atoms with Gasteiger partial charge in [-0.3, -0.25) is 4.57 Å². The Balaban J connectivity index is 1.95. The fraction of sp³-hybridized carbons (Fsp3) is 0.643. The van der Waals surface area contributed by atoms with Crippen LogP contribution in [0, 0.1) is 5.92 Å². The van der Waals surface area contributed by atoms with Crippen LogP contribution >= 0.6 is 0 Å². The molecule has 0 amide bonds. The Morgan fingerprint density at radius 2 is 2.20 bits per heavy atom. The normalized spacial score (nSPS) is 26.2. The summed E-state index contributed by atoms with van der Waals surface area (Å²) in [6, 6.07) is 0. The summed E-state index contributed by atoms with van der Waals surface area (Å²) in [7, 11) is 0. The third-order valence-corrected chi connectivity index (χ3v) is 3.86. The molecular weight excluding hydrogens is 256 g/mol. The fourth-order valence-electron chi connectivity index (χ4n) is 2.82. The van der Waals surface area contributed by atoms with Crippen LogP contribution in [0.3, 0.4) is 0 Å². The second-order valence-electron chi connectivity index (χ2n) is 5.19. The number of ether oxygens (including phenoxy) is 2. The van der Waals surface area contributed by atoms with Crippen molar-refractivity contribution in [2.45, 2.75) is 45.9 Å². The van der Waals surface area contributed by atoms with E-state index in [0.717, 1.165) is 18.5 Å². The van der Waals surface area contributed by atoms with Gasteiger partial charge in [-0.15, -0.1) is 0 Å². The molecule has 1 aliphatic heterocycles. The molecule has 2 aromatic rings.